The lowest BCUT2D eigenvalue weighted by Gasteiger charge is -2.37. The Hall–Kier alpha value is -3.36. The van der Waals surface area contributed by atoms with E-state index >= 15 is 0 Å². The molecule has 0 bridgehead atoms. The largest absolute Gasteiger partial charge is 0.393 e. The van der Waals surface area contributed by atoms with Crippen molar-refractivity contribution in [1.82, 2.24) is 24.5 Å². The number of aromatic nitrogens is 5. The van der Waals surface area contributed by atoms with E-state index in [1.807, 2.05) is 24.5 Å². The van der Waals surface area contributed by atoms with Crippen LogP contribution in [0.25, 0.3) is 22.4 Å². The van der Waals surface area contributed by atoms with E-state index in [0.29, 0.717) is 19.2 Å². The number of anilines is 1. The van der Waals surface area contributed by atoms with Gasteiger partial charge < -0.3 is 14.7 Å². The van der Waals surface area contributed by atoms with Gasteiger partial charge in [-0.2, -0.15) is 0 Å². The highest BCUT2D eigenvalue weighted by Crippen LogP contribution is 2.45. The molecule has 0 amide bonds. The van der Waals surface area contributed by atoms with E-state index in [1.54, 1.807) is 0 Å². The van der Waals surface area contributed by atoms with Gasteiger partial charge in [0, 0.05) is 31.0 Å². The summed E-state index contributed by atoms with van der Waals surface area (Å²) >= 11 is 0. The second-order valence-corrected chi connectivity index (χ2v) is 9.93. The average Bonchev–Trinajstić information content (AvgIpc) is 3.37. The molecule has 35 heavy (non-hydrogen) atoms. The lowest BCUT2D eigenvalue weighted by atomic mass is 9.91. The Morgan fingerprint density at radius 2 is 1.89 bits per heavy atom. The smallest absolute Gasteiger partial charge is 0.225 e. The van der Waals surface area contributed by atoms with E-state index in [-0.39, 0.29) is 11.6 Å². The summed E-state index contributed by atoms with van der Waals surface area (Å²) in [5, 5.41) is 9.94. The van der Waals surface area contributed by atoms with E-state index in [0.717, 1.165) is 73.4 Å². The number of fused-ring (bicyclic) bond motifs is 6. The van der Waals surface area contributed by atoms with Gasteiger partial charge in [-0.25, -0.2) is 19.9 Å². The van der Waals surface area contributed by atoms with Gasteiger partial charge in [-0.1, -0.05) is 24.3 Å². The van der Waals surface area contributed by atoms with Crippen LogP contribution in [-0.4, -0.2) is 55.4 Å². The maximum Gasteiger partial charge on any atom is 0.225 e. The maximum absolute atomic E-state index is 9.94. The fourth-order valence-corrected chi connectivity index (χ4v) is 6.03. The van der Waals surface area contributed by atoms with Crippen molar-refractivity contribution in [3.8, 4) is 11.3 Å². The molecule has 3 aromatic heterocycles. The number of pyridine rings is 1. The molecule has 7 rings (SSSR count). The van der Waals surface area contributed by atoms with Crippen LogP contribution in [0.5, 0.6) is 0 Å². The van der Waals surface area contributed by atoms with Gasteiger partial charge in [-0.15, -0.1) is 0 Å². The number of aliphatic hydroxyl groups is 1. The van der Waals surface area contributed by atoms with Crippen molar-refractivity contribution < 1.29 is 9.84 Å². The van der Waals surface area contributed by atoms with Crippen LogP contribution in [0.1, 0.15) is 42.6 Å². The van der Waals surface area contributed by atoms with Crippen molar-refractivity contribution >= 4 is 17.1 Å². The molecule has 0 saturated carbocycles. The van der Waals surface area contributed by atoms with Crippen LogP contribution < -0.4 is 4.90 Å². The van der Waals surface area contributed by atoms with Gasteiger partial charge in [-0.3, -0.25) is 4.57 Å². The predicted molar refractivity (Wildman–Crippen MR) is 132 cm³/mol. The third kappa shape index (κ3) is 3.35. The third-order valence-electron chi connectivity index (χ3n) is 7.82. The summed E-state index contributed by atoms with van der Waals surface area (Å²) in [5.74, 6) is 1.65. The fourth-order valence-electron chi connectivity index (χ4n) is 6.03. The SMILES string of the molecule is OC1CCCN(c2ncc(-c3ccc4nc5n(c4n3)C3(CCc4ccccc43)COC5)cn2)CC1. The molecule has 2 unspecified atom stereocenters. The van der Waals surface area contributed by atoms with Gasteiger partial charge in [0.2, 0.25) is 5.95 Å². The van der Waals surface area contributed by atoms with E-state index < -0.39 is 0 Å². The summed E-state index contributed by atoms with van der Waals surface area (Å²) in [4.78, 5) is 21.4. The van der Waals surface area contributed by atoms with E-state index in [4.69, 9.17) is 14.7 Å². The Bertz CT molecular complexity index is 1400. The lowest BCUT2D eigenvalue weighted by molar-refractivity contribution is 0.0225. The zero-order valence-electron chi connectivity index (χ0n) is 19.6. The van der Waals surface area contributed by atoms with Crippen molar-refractivity contribution in [3.05, 3.63) is 65.7 Å². The number of benzene rings is 1. The lowest BCUT2D eigenvalue weighted by Crippen LogP contribution is -2.42. The van der Waals surface area contributed by atoms with Crippen LogP contribution >= 0.6 is 0 Å². The van der Waals surface area contributed by atoms with E-state index in [2.05, 4.69) is 43.7 Å². The van der Waals surface area contributed by atoms with Crippen molar-refractivity contribution in [1.29, 1.82) is 0 Å². The molecule has 1 saturated heterocycles. The summed E-state index contributed by atoms with van der Waals surface area (Å²) < 4.78 is 8.40. The van der Waals surface area contributed by atoms with Gasteiger partial charge in [0.25, 0.3) is 0 Å². The molecule has 8 heteroatoms. The van der Waals surface area contributed by atoms with Gasteiger partial charge in [0.15, 0.2) is 5.65 Å². The molecule has 2 aliphatic heterocycles. The summed E-state index contributed by atoms with van der Waals surface area (Å²) in [5.41, 5.74) is 5.94. The highest BCUT2D eigenvalue weighted by Gasteiger charge is 2.45. The number of aliphatic hydroxyl groups excluding tert-OH is 1. The molecule has 4 aromatic rings. The van der Waals surface area contributed by atoms with Crippen LogP contribution in [0.3, 0.4) is 0 Å². The monoisotopic (exact) mass is 468 g/mol. The van der Waals surface area contributed by atoms with Gasteiger partial charge >= 0.3 is 0 Å². The van der Waals surface area contributed by atoms with Gasteiger partial charge in [0.05, 0.1) is 23.9 Å². The molecule has 1 N–H and O–H groups in total. The molecule has 1 aliphatic carbocycles. The van der Waals surface area contributed by atoms with Crippen molar-refractivity contribution in [2.45, 2.75) is 50.4 Å². The summed E-state index contributed by atoms with van der Waals surface area (Å²) in [6.07, 6.45) is 8.04. The van der Waals surface area contributed by atoms with Crippen molar-refractivity contribution in [2.75, 3.05) is 24.6 Å². The van der Waals surface area contributed by atoms with Gasteiger partial charge in [-0.05, 0) is 55.4 Å². The summed E-state index contributed by atoms with van der Waals surface area (Å²) in [6, 6.07) is 12.7. The average molecular weight is 469 g/mol. The molecule has 0 radical (unpaired) electrons. The highest BCUT2D eigenvalue weighted by atomic mass is 16.5. The number of hydrogen-bond donors (Lipinski definition) is 1. The number of aryl methyl sites for hydroxylation is 1. The topological polar surface area (TPSA) is 89.2 Å². The Morgan fingerprint density at radius 3 is 2.80 bits per heavy atom. The second kappa shape index (κ2) is 8.10. The molecular formula is C27H28N6O2. The molecule has 8 nitrogen and oxygen atoms in total. The van der Waals surface area contributed by atoms with Crippen LogP contribution in [-0.2, 0) is 23.3 Å². The summed E-state index contributed by atoms with van der Waals surface area (Å²) in [6.45, 7) is 2.78. The first-order valence-corrected chi connectivity index (χ1v) is 12.5. The second-order valence-electron chi connectivity index (χ2n) is 9.93. The van der Waals surface area contributed by atoms with E-state index in [1.165, 1.54) is 11.1 Å². The minimum absolute atomic E-state index is 0.225. The number of nitrogens with zero attached hydrogens (tertiary/aromatic N) is 6. The Kier molecular flexibility index (Phi) is 4.85. The minimum Gasteiger partial charge on any atom is -0.393 e. The van der Waals surface area contributed by atoms with E-state index in [9.17, 15) is 5.11 Å². The quantitative estimate of drug-likeness (QED) is 0.482. The Balaban J connectivity index is 1.27. The first-order valence-electron chi connectivity index (χ1n) is 12.5. The third-order valence-corrected chi connectivity index (χ3v) is 7.82. The number of imidazole rings is 1. The first-order chi connectivity index (χ1) is 17.2. The van der Waals surface area contributed by atoms with Gasteiger partial charge in [0.1, 0.15) is 17.9 Å². The molecule has 178 valence electrons. The first kappa shape index (κ1) is 21.0. The maximum atomic E-state index is 9.94. The number of ether oxygens (including phenoxy) is 1. The number of rotatable bonds is 2. The van der Waals surface area contributed by atoms with Crippen LogP contribution in [0.2, 0.25) is 0 Å². The fraction of sp³-hybridized carbons (Fsp3) is 0.407. The molecule has 2 atom stereocenters. The highest BCUT2D eigenvalue weighted by molar-refractivity contribution is 5.77. The molecule has 1 fully saturated rings. The van der Waals surface area contributed by atoms with Crippen molar-refractivity contribution in [3.63, 3.8) is 0 Å². The molecule has 3 aliphatic rings. The minimum atomic E-state index is -0.262. The zero-order valence-corrected chi connectivity index (χ0v) is 19.6. The summed E-state index contributed by atoms with van der Waals surface area (Å²) in [7, 11) is 0. The molecular weight excluding hydrogens is 440 g/mol. The molecule has 1 spiro atoms. The van der Waals surface area contributed by atoms with Crippen LogP contribution in [0.15, 0.2) is 48.8 Å². The van der Waals surface area contributed by atoms with Crippen LogP contribution in [0.4, 0.5) is 5.95 Å². The van der Waals surface area contributed by atoms with Crippen molar-refractivity contribution in [2.24, 2.45) is 0 Å². The Morgan fingerprint density at radius 1 is 1.00 bits per heavy atom. The standard InChI is InChI=1S/C27H28N6O2/c34-20-5-3-12-32(13-10-20)26-28-14-19(15-29-26)22-7-8-23-25(31-22)33-24(30-23)16-35-17-27(33)11-9-18-4-1-2-6-21(18)27/h1-2,4,6-8,14-15,20,34H,3,5,9-13,16-17H2. The zero-order chi connectivity index (χ0) is 23.4. The molecule has 1 aromatic carbocycles. The normalized spacial score (nSPS) is 23.9. The number of hydrogen-bond acceptors (Lipinski definition) is 7. The Labute approximate surface area is 203 Å². The van der Waals surface area contributed by atoms with Crippen LogP contribution in [0, 0.1) is 0 Å². The molecule has 5 heterocycles. The predicted octanol–water partition coefficient (Wildman–Crippen LogP) is 3.46.